The average Bonchev–Trinajstić information content (AvgIpc) is 2.55. The van der Waals surface area contributed by atoms with Crippen LogP contribution < -0.4 is 4.90 Å². The molecule has 2 aromatic carbocycles. The van der Waals surface area contributed by atoms with Crippen LogP contribution in [0.25, 0.3) is 0 Å². The molecule has 0 aromatic heterocycles. The molecule has 0 spiro atoms. The van der Waals surface area contributed by atoms with Gasteiger partial charge in [0.1, 0.15) is 0 Å². The van der Waals surface area contributed by atoms with Crippen molar-refractivity contribution < 1.29 is 0 Å². The summed E-state index contributed by atoms with van der Waals surface area (Å²) in [5.41, 5.74) is 4.15. The normalized spacial score (nSPS) is 11.0. The van der Waals surface area contributed by atoms with Crippen LogP contribution in [-0.2, 0) is 0 Å². The second kappa shape index (κ2) is 7.32. The van der Waals surface area contributed by atoms with E-state index in [1.54, 1.807) is 6.34 Å². The Morgan fingerprint density at radius 2 is 1.82 bits per heavy atom. The van der Waals surface area contributed by atoms with Gasteiger partial charge in [0, 0.05) is 32.0 Å². The Labute approximate surface area is 137 Å². The Kier molecular flexibility index (Phi) is 5.45. The molecule has 0 aliphatic heterocycles. The van der Waals surface area contributed by atoms with Crippen molar-refractivity contribution in [3.05, 3.63) is 53.1 Å². The highest BCUT2D eigenvalue weighted by atomic mass is 35.5. The molecule has 3 nitrogen and oxygen atoms in total. The molecule has 2 rings (SSSR count). The van der Waals surface area contributed by atoms with Gasteiger partial charge in [-0.1, -0.05) is 29.8 Å². The maximum Gasteiger partial charge on any atom is 0.0910 e. The lowest BCUT2D eigenvalue weighted by atomic mass is 10.1. The molecule has 0 saturated heterocycles. The van der Waals surface area contributed by atoms with E-state index in [2.05, 4.69) is 35.9 Å². The van der Waals surface area contributed by atoms with Gasteiger partial charge in [-0.3, -0.25) is 0 Å². The van der Waals surface area contributed by atoms with Crippen molar-refractivity contribution in [1.82, 2.24) is 4.90 Å². The molecule has 0 aliphatic carbocycles. The van der Waals surface area contributed by atoms with Gasteiger partial charge in [-0.15, -0.1) is 0 Å². The molecular formula is C18H22ClN3. The average molecular weight is 316 g/mol. The number of para-hydroxylation sites is 1. The highest BCUT2D eigenvalue weighted by Crippen LogP contribution is 2.35. The van der Waals surface area contributed by atoms with Crippen molar-refractivity contribution in [3.63, 3.8) is 0 Å². The predicted molar refractivity (Wildman–Crippen MR) is 97.2 cm³/mol. The maximum absolute atomic E-state index is 6.40. The predicted octanol–water partition coefficient (Wildman–Crippen LogP) is 5.03. The minimum absolute atomic E-state index is 0.657. The second-order valence-electron chi connectivity index (χ2n) is 5.30. The molecule has 0 aliphatic rings. The molecule has 2 aromatic rings. The number of rotatable bonds is 5. The van der Waals surface area contributed by atoms with E-state index in [0.717, 1.165) is 29.2 Å². The van der Waals surface area contributed by atoms with E-state index in [-0.39, 0.29) is 0 Å². The molecule has 4 heteroatoms. The highest BCUT2D eigenvalue weighted by molar-refractivity contribution is 6.33. The van der Waals surface area contributed by atoms with Gasteiger partial charge >= 0.3 is 0 Å². The zero-order valence-electron chi connectivity index (χ0n) is 13.5. The number of halogens is 1. The minimum atomic E-state index is 0.657. The molecule has 0 heterocycles. The van der Waals surface area contributed by atoms with Crippen LogP contribution in [-0.4, -0.2) is 31.9 Å². The van der Waals surface area contributed by atoms with Crippen molar-refractivity contribution in [2.45, 2.75) is 13.8 Å². The smallest absolute Gasteiger partial charge is 0.0910 e. The maximum atomic E-state index is 6.40. The van der Waals surface area contributed by atoms with Crippen molar-refractivity contribution in [2.75, 3.05) is 25.5 Å². The van der Waals surface area contributed by atoms with Gasteiger partial charge in [-0.05, 0) is 43.7 Å². The van der Waals surface area contributed by atoms with E-state index in [1.165, 1.54) is 0 Å². The van der Waals surface area contributed by atoms with E-state index in [9.17, 15) is 0 Å². The molecule has 0 N–H and O–H groups in total. The molecule has 0 fully saturated rings. The van der Waals surface area contributed by atoms with E-state index >= 15 is 0 Å². The zero-order valence-corrected chi connectivity index (χ0v) is 14.3. The standard InChI is InChI=1S/C18H22ClN3/c1-5-21(3)13-20-17-11-14(2)18(12-16(17)19)22(4)15-9-7-6-8-10-15/h6-13H,5H2,1-4H3. The number of anilines is 2. The first-order chi connectivity index (χ1) is 10.5. The third kappa shape index (κ3) is 3.80. The molecule has 22 heavy (non-hydrogen) atoms. The number of nitrogens with zero attached hydrogens (tertiary/aromatic N) is 3. The summed E-state index contributed by atoms with van der Waals surface area (Å²) >= 11 is 6.40. The summed E-state index contributed by atoms with van der Waals surface area (Å²) in [4.78, 5) is 8.60. The quantitative estimate of drug-likeness (QED) is 0.569. The van der Waals surface area contributed by atoms with Gasteiger partial charge in [-0.25, -0.2) is 4.99 Å². The van der Waals surface area contributed by atoms with Gasteiger partial charge < -0.3 is 9.80 Å². The first kappa shape index (κ1) is 16.4. The Hall–Kier alpha value is -2.00. The van der Waals surface area contributed by atoms with Gasteiger partial charge in [0.15, 0.2) is 0 Å². The highest BCUT2D eigenvalue weighted by Gasteiger charge is 2.10. The van der Waals surface area contributed by atoms with E-state index < -0.39 is 0 Å². The molecule has 0 radical (unpaired) electrons. The number of hydrogen-bond acceptors (Lipinski definition) is 2. The fraction of sp³-hybridized carbons (Fsp3) is 0.278. The summed E-state index contributed by atoms with van der Waals surface area (Å²) in [6.07, 6.45) is 1.81. The second-order valence-corrected chi connectivity index (χ2v) is 5.71. The topological polar surface area (TPSA) is 18.8 Å². The Morgan fingerprint density at radius 1 is 1.14 bits per heavy atom. The van der Waals surface area contributed by atoms with Crippen molar-refractivity contribution in [1.29, 1.82) is 0 Å². The third-order valence-electron chi connectivity index (χ3n) is 3.66. The minimum Gasteiger partial charge on any atom is -0.366 e. The lowest BCUT2D eigenvalue weighted by Crippen LogP contribution is -2.14. The van der Waals surface area contributed by atoms with Crippen LogP contribution >= 0.6 is 11.6 Å². The SMILES string of the molecule is CCN(C)C=Nc1cc(C)c(N(C)c2ccccc2)cc1Cl. The number of hydrogen-bond donors (Lipinski definition) is 0. The molecule has 0 atom stereocenters. The van der Waals surface area contributed by atoms with Crippen molar-refractivity contribution >= 4 is 35.0 Å². The lowest BCUT2D eigenvalue weighted by molar-refractivity contribution is 0.552. The number of aryl methyl sites for hydroxylation is 1. The lowest BCUT2D eigenvalue weighted by Gasteiger charge is -2.22. The van der Waals surface area contributed by atoms with E-state index in [4.69, 9.17) is 11.6 Å². The fourth-order valence-electron chi connectivity index (χ4n) is 2.15. The van der Waals surface area contributed by atoms with Gasteiger partial charge in [0.25, 0.3) is 0 Å². The first-order valence-electron chi connectivity index (χ1n) is 7.36. The summed E-state index contributed by atoms with van der Waals surface area (Å²) in [6, 6.07) is 14.2. The van der Waals surface area contributed by atoms with Crippen LogP contribution in [0, 0.1) is 6.92 Å². The summed E-state index contributed by atoms with van der Waals surface area (Å²) in [5.74, 6) is 0. The molecular weight excluding hydrogens is 294 g/mol. The van der Waals surface area contributed by atoms with Gasteiger partial charge in [0.2, 0.25) is 0 Å². The summed E-state index contributed by atoms with van der Waals surface area (Å²) in [6.45, 7) is 5.07. The largest absolute Gasteiger partial charge is 0.366 e. The van der Waals surface area contributed by atoms with Crippen molar-refractivity contribution in [2.24, 2.45) is 4.99 Å². The third-order valence-corrected chi connectivity index (χ3v) is 3.97. The fourth-order valence-corrected chi connectivity index (χ4v) is 2.36. The number of aliphatic imine (C=N–C) groups is 1. The molecule has 116 valence electrons. The Morgan fingerprint density at radius 3 is 2.45 bits per heavy atom. The van der Waals surface area contributed by atoms with Crippen LogP contribution in [0.4, 0.5) is 17.1 Å². The van der Waals surface area contributed by atoms with Crippen molar-refractivity contribution in [3.8, 4) is 0 Å². The molecule has 0 unspecified atom stereocenters. The summed E-state index contributed by atoms with van der Waals surface area (Å²) in [5, 5.41) is 0.657. The first-order valence-corrected chi connectivity index (χ1v) is 7.74. The van der Waals surface area contributed by atoms with Gasteiger partial charge in [-0.2, -0.15) is 0 Å². The molecule has 0 amide bonds. The van der Waals surface area contributed by atoms with E-state index in [0.29, 0.717) is 5.02 Å². The van der Waals surface area contributed by atoms with E-state index in [1.807, 2.05) is 49.3 Å². The summed E-state index contributed by atoms with van der Waals surface area (Å²) in [7, 11) is 4.03. The molecule has 0 bridgehead atoms. The zero-order chi connectivity index (χ0) is 16.1. The summed E-state index contributed by atoms with van der Waals surface area (Å²) < 4.78 is 0. The van der Waals surface area contributed by atoms with Crippen LogP contribution in [0.15, 0.2) is 47.5 Å². The van der Waals surface area contributed by atoms with Crippen LogP contribution in [0.1, 0.15) is 12.5 Å². The Bertz CT molecular complexity index is 653. The van der Waals surface area contributed by atoms with Crippen LogP contribution in [0.5, 0.6) is 0 Å². The Balaban J connectivity index is 2.32. The van der Waals surface area contributed by atoms with Crippen LogP contribution in [0.2, 0.25) is 5.02 Å². The monoisotopic (exact) mass is 315 g/mol. The van der Waals surface area contributed by atoms with Gasteiger partial charge in [0.05, 0.1) is 17.0 Å². The molecule has 0 saturated carbocycles. The number of benzene rings is 2. The van der Waals surface area contributed by atoms with Crippen LogP contribution in [0.3, 0.4) is 0 Å².